The zero-order valence-electron chi connectivity index (χ0n) is 15.9. The minimum Gasteiger partial charge on any atom is -0.465 e. The number of ether oxygens (including phenoxy) is 1. The van der Waals surface area contributed by atoms with E-state index in [2.05, 4.69) is 14.8 Å². The van der Waals surface area contributed by atoms with Crippen molar-refractivity contribution in [3.05, 3.63) is 59.7 Å². The quantitative estimate of drug-likeness (QED) is 0.626. The number of carbonyl (C=O) groups is 2. The Balaban J connectivity index is 1.88. The maximum Gasteiger partial charge on any atom is 0.337 e. The summed E-state index contributed by atoms with van der Waals surface area (Å²) in [6, 6.07) is 12.9. The molecule has 0 unspecified atom stereocenters. The molecule has 0 fully saturated rings. The molecule has 0 bridgehead atoms. The highest BCUT2D eigenvalue weighted by atomic mass is 32.2. The Bertz CT molecular complexity index is 907. The fourth-order valence-corrected chi connectivity index (χ4v) is 3.58. The first-order valence-electron chi connectivity index (χ1n) is 8.92. The van der Waals surface area contributed by atoms with E-state index in [0.717, 1.165) is 12.0 Å². The fraction of sp³-hybridized carbons (Fsp3) is 0.300. The van der Waals surface area contributed by atoms with Crippen molar-refractivity contribution in [2.75, 3.05) is 19.0 Å². The SMILES string of the molecule is CCCNS(=O)(=O)c1ccc(CCC(=O)Nc2ccc(C(=O)OC)cc2)cc1. The molecule has 2 rings (SSSR count). The molecule has 0 saturated heterocycles. The van der Waals surface area contributed by atoms with Gasteiger partial charge in [0.05, 0.1) is 17.6 Å². The molecule has 0 radical (unpaired) electrons. The average molecular weight is 404 g/mol. The zero-order valence-corrected chi connectivity index (χ0v) is 16.7. The van der Waals surface area contributed by atoms with E-state index in [1.807, 2.05) is 6.92 Å². The number of carbonyl (C=O) groups excluding carboxylic acids is 2. The van der Waals surface area contributed by atoms with Gasteiger partial charge in [-0.3, -0.25) is 4.79 Å². The number of sulfonamides is 1. The van der Waals surface area contributed by atoms with E-state index in [9.17, 15) is 18.0 Å². The molecule has 2 N–H and O–H groups in total. The van der Waals surface area contributed by atoms with Gasteiger partial charge in [-0.2, -0.15) is 0 Å². The number of rotatable bonds is 9. The predicted molar refractivity (Wildman–Crippen MR) is 107 cm³/mol. The van der Waals surface area contributed by atoms with Crippen LogP contribution in [-0.2, 0) is 26.0 Å². The lowest BCUT2D eigenvalue weighted by Gasteiger charge is -2.08. The molecule has 0 atom stereocenters. The fourth-order valence-electron chi connectivity index (χ4n) is 2.44. The Labute approximate surface area is 165 Å². The van der Waals surface area contributed by atoms with Crippen molar-refractivity contribution in [1.29, 1.82) is 0 Å². The van der Waals surface area contributed by atoms with Crippen LogP contribution in [0.5, 0.6) is 0 Å². The highest BCUT2D eigenvalue weighted by molar-refractivity contribution is 7.89. The molecule has 2 aromatic rings. The van der Waals surface area contributed by atoms with Crippen molar-refractivity contribution in [3.8, 4) is 0 Å². The van der Waals surface area contributed by atoms with Crippen molar-refractivity contribution >= 4 is 27.6 Å². The van der Waals surface area contributed by atoms with E-state index in [4.69, 9.17) is 0 Å². The second kappa shape index (κ2) is 10.0. The molecule has 7 nitrogen and oxygen atoms in total. The van der Waals surface area contributed by atoms with Gasteiger partial charge in [0.15, 0.2) is 0 Å². The summed E-state index contributed by atoms with van der Waals surface area (Å²) < 4.78 is 31.2. The summed E-state index contributed by atoms with van der Waals surface area (Å²) in [7, 11) is -2.18. The van der Waals surface area contributed by atoms with Crippen LogP contribution in [0.25, 0.3) is 0 Å². The molecule has 2 aromatic carbocycles. The Kier molecular flexibility index (Phi) is 7.71. The zero-order chi connectivity index (χ0) is 20.6. The van der Waals surface area contributed by atoms with E-state index in [0.29, 0.717) is 24.2 Å². The van der Waals surface area contributed by atoms with Gasteiger partial charge in [-0.25, -0.2) is 17.9 Å². The third kappa shape index (κ3) is 6.17. The number of benzene rings is 2. The van der Waals surface area contributed by atoms with E-state index >= 15 is 0 Å². The van der Waals surface area contributed by atoms with Crippen molar-refractivity contribution in [1.82, 2.24) is 4.72 Å². The van der Waals surface area contributed by atoms with Crippen molar-refractivity contribution in [2.45, 2.75) is 31.1 Å². The average Bonchev–Trinajstić information content (AvgIpc) is 2.71. The number of anilines is 1. The first-order valence-corrected chi connectivity index (χ1v) is 10.4. The maximum atomic E-state index is 12.1. The van der Waals surface area contributed by atoms with Gasteiger partial charge in [-0.15, -0.1) is 0 Å². The van der Waals surface area contributed by atoms with Gasteiger partial charge in [0, 0.05) is 18.7 Å². The number of nitrogens with one attached hydrogen (secondary N) is 2. The van der Waals surface area contributed by atoms with Crippen LogP contribution in [0.2, 0.25) is 0 Å². The summed E-state index contributed by atoms with van der Waals surface area (Å²) >= 11 is 0. The van der Waals surface area contributed by atoms with Crippen LogP contribution < -0.4 is 10.0 Å². The van der Waals surface area contributed by atoms with Crippen LogP contribution in [0, 0.1) is 0 Å². The summed E-state index contributed by atoms with van der Waals surface area (Å²) in [5.74, 6) is -0.611. The maximum absolute atomic E-state index is 12.1. The molecule has 150 valence electrons. The van der Waals surface area contributed by atoms with Gasteiger partial charge >= 0.3 is 5.97 Å². The third-order valence-electron chi connectivity index (χ3n) is 4.01. The molecule has 0 aliphatic carbocycles. The number of aryl methyl sites for hydroxylation is 1. The minimum atomic E-state index is -3.49. The molecule has 28 heavy (non-hydrogen) atoms. The van der Waals surface area contributed by atoms with Gasteiger partial charge in [0.2, 0.25) is 15.9 Å². The van der Waals surface area contributed by atoms with Gasteiger partial charge in [0.1, 0.15) is 0 Å². The smallest absolute Gasteiger partial charge is 0.337 e. The molecule has 0 aliphatic heterocycles. The van der Waals surface area contributed by atoms with Gasteiger partial charge in [-0.05, 0) is 54.8 Å². The van der Waals surface area contributed by atoms with Crippen LogP contribution in [-0.4, -0.2) is 33.9 Å². The lowest BCUT2D eigenvalue weighted by molar-refractivity contribution is -0.116. The normalized spacial score (nSPS) is 11.1. The third-order valence-corrected chi connectivity index (χ3v) is 5.48. The predicted octanol–water partition coefficient (Wildman–Crippen LogP) is 2.73. The van der Waals surface area contributed by atoms with Crippen molar-refractivity contribution in [2.24, 2.45) is 0 Å². The molecule has 8 heteroatoms. The largest absolute Gasteiger partial charge is 0.465 e. The standard InChI is InChI=1S/C20H24N2O5S/c1-3-14-21-28(25,26)18-11-4-15(5-12-18)6-13-19(23)22-17-9-7-16(8-10-17)20(24)27-2/h4-5,7-12,21H,3,6,13-14H2,1-2H3,(H,22,23). The summed E-state index contributed by atoms with van der Waals surface area (Å²) in [4.78, 5) is 23.7. The molecule has 0 saturated carbocycles. The Morgan fingerprint density at radius 3 is 2.21 bits per heavy atom. The number of methoxy groups -OCH3 is 1. The molecule has 0 aromatic heterocycles. The lowest BCUT2D eigenvalue weighted by atomic mass is 10.1. The molecule has 0 spiro atoms. The molecule has 0 heterocycles. The monoisotopic (exact) mass is 404 g/mol. The highest BCUT2D eigenvalue weighted by Crippen LogP contribution is 2.14. The summed E-state index contributed by atoms with van der Waals surface area (Å²) in [6.45, 7) is 2.29. The van der Waals surface area contributed by atoms with Crippen molar-refractivity contribution < 1.29 is 22.7 Å². The molecular weight excluding hydrogens is 380 g/mol. The van der Waals surface area contributed by atoms with E-state index < -0.39 is 16.0 Å². The van der Waals surface area contributed by atoms with Crippen LogP contribution in [0.4, 0.5) is 5.69 Å². The van der Waals surface area contributed by atoms with Crippen molar-refractivity contribution in [3.63, 3.8) is 0 Å². The molecule has 1 amide bonds. The minimum absolute atomic E-state index is 0.174. The van der Waals surface area contributed by atoms with Crippen LogP contribution in [0.3, 0.4) is 0 Å². The summed E-state index contributed by atoms with van der Waals surface area (Å²) in [6.07, 6.45) is 1.45. The lowest BCUT2D eigenvalue weighted by Crippen LogP contribution is -2.24. The van der Waals surface area contributed by atoms with Gasteiger partial charge < -0.3 is 10.1 Å². The Morgan fingerprint density at radius 2 is 1.64 bits per heavy atom. The highest BCUT2D eigenvalue weighted by Gasteiger charge is 2.13. The van der Waals surface area contributed by atoms with Gasteiger partial charge in [-0.1, -0.05) is 19.1 Å². The van der Waals surface area contributed by atoms with Crippen LogP contribution in [0.15, 0.2) is 53.4 Å². The first kappa shape index (κ1) is 21.6. The summed E-state index contributed by atoms with van der Waals surface area (Å²) in [5, 5.41) is 2.76. The van der Waals surface area contributed by atoms with E-state index in [1.165, 1.54) is 19.2 Å². The molecular formula is C20H24N2O5S. The topological polar surface area (TPSA) is 102 Å². The van der Waals surface area contributed by atoms with E-state index in [1.54, 1.807) is 36.4 Å². The van der Waals surface area contributed by atoms with Crippen LogP contribution in [0.1, 0.15) is 35.7 Å². The Morgan fingerprint density at radius 1 is 1.00 bits per heavy atom. The number of esters is 1. The number of amides is 1. The molecule has 0 aliphatic rings. The second-order valence-corrected chi connectivity index (χ2v) is 7.93. The summed E-state index contributed by atoms with van der Waals surface area (Å²) in [5.41, 5.74) is 1.86. The van der Waals surface area contributed by atoms with Gasteiger partial charge in [0.25, 0.3) is 0 Å². The van der Waals surface area contributed by atoms with E-state index in [-0.39, 0.29) is 17.2 Å². The van der Waals surface area contributed by atoms with Crippen LogP contribution >= 0.6 is 0 Å². The second-order valence-electron chi connectivity index (χ2n) is 6.16. The Hall–Kier alpha value is -2.71. The number of hydrogen-bond donors (Lipinski definition) is 2. The number of hydrogen-bond acceptors (Lipinski definition) is 5. The first-order chi connectivity index (χ1) is 13.4.